The van der Waals surface area contributed by atoms with E-state index in [2.05, 4.69) is 24.0 Å². The first-order valence-corrected chi connectivity index (χ1v) is 7.89. The Labute approximate surface area is 127 Å². The third kappa shape index (κ3) is 2.93. The van der Waals surface area contributed by atoms with Crippen LogP contribution in [0.15, 0.2) is 82.8 Å². The maximum atomic E-state index is 12.8. The molecule has 1 aromatic heterocycles. The molecule has 0 aliphatic carbocycles. The van der Waals surface area contributed by atoms with Gasteiger partial charge in [-0.3, -0.25) is 0 Å². The van der Waals surface area contributed by atoms with Gasteiger partial charge in [0, 0.05) is 6.20 Å². The number of hydrogen-bond acceptors (Lipinski definition) is 2. The quantitative estimate of drug-likeness (QED) is 0.723. The summed E-state index contributed by atoms with van der Waals surface area (Å²) in [5.74, 6) is 0. The van der Waals surface area contributed by atoms with Gasteiger partial charge in [0.15, 0.2) is 0 Å². The van der Waals surface area contributed by atoms with Gasteiger partial charge in [-0.05, 0) is 36.2 Å². The predicted molar refractivity (Wildman–Crippen MR) is 85.5 cm³/mol. The molecule has 0 fully saturated rings. The minimum atomic E-state index is -1.28. The van der Waals surface area contributed by atoms with Crippen molar-refractivity contribution in [2.45, 2.75) is 16.8 Å². The lowest BCUT2D eigenvalue weighted by molar-refractivity contribution is 0.680. The number of nitrogens with zero attached hydrogens (tertiary/aromatic N) is 1. The van der Waals surface area contributed by atoms with E-state index in [0.29, 0.717) is 5.03 Å². The van der Waals surface area contributed by atoms with Gasteiger partial charge in [-0.1, -0.05) is 54.1 Å². The largest absolute Gasteiger partial charge is 0.247 e. The highest BCUT2D eigenvalue weighted by molar-refractivity contribution is 7.85. The zero-order valence-corrected chi connectivity index (χ0v) is 12.5. The molecule has 0 saturated heterocycles. The summed E-state index contributed by atoms with van der Waals surface area (Å²) in [6.45, 7) is 2.06. The predicted octanol–water partition coefficient (Wildman–Crippen LogP) is 4.22. The summed E-state index contributed by atoms with van der Waals surface area (Å²) >= 11 is 0. The Balaban J connectivity index is 2.11. The zero-order chi connectivity index (χ0) is 14.7. The zero-order valence-electron chi connectivity index (χ0n) is 11.7. The van der Waals surface area contributed by atoms with Crippen LogP contribution in [-0.2, 0) is 10.8 Å². The molecular formula is C18H15NOS. The van der Waals surface area contributed by atoms with Crippen molar-refractivity contribution in [3.05, 3.63) is 78.5 Å². The van der Waals surface area contributed by atoms with Gasteiger partial charge in [0.2, 0.25) is 0 Å². The first-order valence-electron chi connectivity index (χ1n) is 6.74. The maximum absolute atomic E-state index is 12.8. The van der Waals surface area contributed by atoms with Crippen LogP contribution in [0.5, 0.6) is 0 Å². The fourth-order valence-electron chi connectivity index (χ4n) is 2.25. The van der Waals surface area contributed by atoms with Crippen molar-refractivity contribution in [2.24, 2.45) is 0 Å². The normalized spacial score (nSPS) is 12.0. The van der Waals surface area contributed by atoms with Crippen LogP contribution in [0.25, 0.3) is 11.1 Å². The Bertz CT molecular complexity index is 784. The average Bonchev–Trinajstić information content (AvgIpc) is 2.55. The highest BCUT2D eigenvalue weighted by atomic mass is 32.2. The van der Waals surface area contributed by atoms with Gasteiger partial charge in [0.25, 0.3) is 0 Å². The summed E-state index contributed by atoms with van der Waals surface area (Å²) in [6.07, 6.45) is 1.67. The van der Waals surface area contributed by atoms with Crippen LogP contribution in [0.4, 0.5) is 0 Å². The van der Waals surface area contributed by atoms with E-state index in [1.807, 2.05) is 48.5 Å². The summed E-state index contributed by atoms with van der Waals surface area (Å²) in [4.78, 5) is 5.00. The summed E-state index contributed by atoms with van der Waals surface area (Å²) in [7, 11) is -1.28. The van der Waals surface area contributed by atoms with Crippen LogP contribution < -0.4 is 0 Å². The van der Waals surface area contributed by atoms with E-state index >= 15 is 0 Å². The summed E-state index contributed by atoms with van der Waals surface area (Å²) in [6, 6.07) is 21.5. The van der Waals surface area contributed by atoms with Crippen LogP contribution >= 0.6 is 0 Å². The van der Waals surface area contributed by atoms with Crippen molar-refractivity contribution in [2.75, 3.05) is 0 Å². The molecule has 0 bridgehead atoms. The van der Waals surface area contributed by atoms with Gasteiger partial charge in [0.1, 0.15) is 15.8 Å². The van der Waals surface area contributed by atoms with E-state index in [9.17, 15) is 4.21 Å². The van der Waals surface area contributed by atoms with Gasteiger partial charge in [-0.25, -0.2) is 9.19 Å². The van der Waals surface area contributed by atoms with E-state index in [1.165, 1.54) is 5.56 Å². The SMILES string of the molecule is Cc1cccc(-c2ccccc2S(=O)c2ccccn2)c1. The highest BCUT2D eigenvalue weighted by Crippen LogP contribution is 2.28. The van der Waals surface area contributed by atoms with Crippen molar-refractivity contribution >= 4 is 10.8 Å². The van der Waals surface area contributed by atoms with Gasteiger partial charge in [-0.2, -0.15) is 0 Å². The van der Waals surface area contributed by atoms with Crippen molar-refractivity contribution in [1.82, 2.24) is 4.98 Å². The van der Waals surface area contributed by atoms with Crippen LogP contribution in [0.3, 0.4) is 0 Å². The standard InChI is InChI=1S/C18H15NOS/c1-14-7-6-8-15(13-14)16-9-2-3-10-17(16)21(20)18-11-4-5-12-19-18/h2-13H,1H3. The van der Waals surface area contributed by atoms with E-state index in [4.69, 9.17) is 0 Å². The minimum absolute atomic E-state index is 0.581. The van der Waals surface area contributed by atoms with E-state index < -0.39 is 10.8 Å². The van der Waals surface area contributed by atoms with Gasteiger partial charge >= 0.3 is 0 Å². The molecular weight excluding hydrogens is 278 g/mol. The van der Waals surface area contributed by atoms with Gasteiger partial charge in [0.05, 0.1) is 4.90 Å². The van der Waals surface area contributed by atoms with Crippen LogP contribution in [0.2, 0.25) is 0 Å². The minimum Gasteiger partial charge on any atom is -0.247 e. The average molecular weight is 293 g/mol. The molecule has 1 unspecified atom stereocenters. The molecule has 1 atom stereocenters. The van der Waals surface area contributed by atoms with E-state index in [1.54, 1.807) is 12.3 Å². The van der Waals surface area contributed by atoms with E-state index in [0.717, 1.165) is 16.0 Å². The summed E-state index contributed by atoms with van der Waals surface area (Å²) < 4.78 is 12.8. The number of pyridine rings is 1. The lowest BCUT2D eigenvalue weighted by atomic mass is 10.0. The van der Waals surface area contributed by atoms with Crippen LogP contribution in [0, 0.1) is 6.92 Å². The molecule has 1 heterocycles. The molecule has 3 aromatic rings. The summed E-state index contributed by atoms with van der Waals surface area (Å²) in [5.41, 5.74) is 3.26. The third-order valence-electron chi connectivity index (χ3n) is 3.24. The Kier molecular flexibility index (Phi) is 3.93. The second-order valence-electron chi connectivity index (χ2n) is 4.80. The van der Waals surface area contributed by atoms with Crippen molar-refractivity contribution in [3.63, 3.8) is 0 Å². The number of aryl methyl sites for hydroxylation is 1. The third-order valence-corrected chi connectivity index (χ3v) is 4.62. The van der Waals surface area contributed by atoms with Crippen molar-refractivity contribution < 1.29 is 4.21 Å². The number of rotatable bonds is 3. The Morgan fingerprint density at radius 2 is 1.71 bits per heavy atom. The number of aromatic nitrogens is 1. The molecule has 0 aliphatic rings. The molecule has 3 rings (SSSR count). The van der Waals surface area contributed by atoms with Crippen LogP contribution in [0.1, 0.15) is 5.56 Å². The first kappa shape index (κ1) is 13.7. The second-order valence-corrected chi connectivity index (χ2v) is 6.20. The number of benzene rings is 2. The Morgan fingerprint density at radius 3 is 2.48 bits per heavy atom. The molecule has 104 valence electrons. The summed E-state index contributed by atoms with van der Waals surface area (Å²) in [5, 5.41) is 0.581. The lowest BCUT2D eigenvalue weighted by Crippen LogP contribution is -1.98. The topological polar surface area (TPSA) is 30.0 Å². The van der Waals surface area contributed by atoms with Crippen LogP contribution in [-0.4, -0.2) is 9.19 Å². The van der Waals surface area contributed by atoms with Gasteiger partial charge < -0.3 is 0 Å². The first-order chi connectivity index (χ1) is 10.3. The Hall–Kier alpha value is -2.26. The van der Waals surface area contributed by atoms with Crippen molar-refractivity contribution in [3.8, 4) is 11.1 Å². The molecule has 0 saturated carbocycles. The molecule has 21 heavy (non-hydrogen) atoms. The molecule has 2 nitrogen and oxygen atoms in total. The fraction of sp³-hybridized carbons (Fsp3) is 0.0556. The molecule has 0 amide bonds. The number of hydrogen-bond donors (Lipinski definition) is 0. The molecule has 0 N–H and O–H groups in total. The smallest absolute Gasteiger partial charge is 0.132 e. The van der Waals surface area contributed by atoms with Gasteiger partial charge in [-0.15, -0.1) is 0 Å². The molecule has 2 aromatic carbocycles. The second kappa shape index (κ2) is 6.02. The van der Waals surface area contributed by atoms with Crippen molar-refractivity contribution in [1.29, 1.82) is 0 Å². The Morgan fingerprint density at radius 1 is 0.905 bits per heavy atom. The fourth-order valence-corrected chi connectivity index (χ4v) is 3.42. The van der Waals surface area contributed by atoms with E-state index in [-0.39, 0.29) is 0 Å². The highest BCUT2D eigenvalue weighted by Gasteiger charge is 2.13. The molecule has 0 aliphatic heterocycles. The molecule has 0 radical (unpaired) electrons. The lowest BCUT2D eigenvalue weighted by Gasteiger charge is -2.09. The molecule has 3 heteroatoms. The molecule has 0 spiro atoms. The monoisotopic (exact) mass is 293 g/mol. The maximum Gasteiger partial charge on any atom is 0.132 e.